The van der Waals surface area contributed by atoms with Crippen molar-refractivity contribution in [3.8, 4) is 11.4 Å². The minimum atomic E-state index is -1.11. The van der Waals surface area contributed by atoms with Crippen LogP contribution < -0.4 is 10.1 Å². The van der Waals surface area contributed by atoms with Gasteiger partial charge in [0.1, 0.15) is 22.6 Å². The van der Waals surface area contributed by atoms with Crippen LogP contribution in [0.2, 0.25) is 0 Å². The van der Waals surface area contributed by atoms with Gasteiger partial charge in [-0.25, -0.2) is 13.9 Å². The van der Waals surface area contributed by atoms with E-state index >= 15 is 0 Å². The maximum Gasteiger partial charge on any atom is 0.404 e. The summed E-state index contributed by atoms with van der Waals surface area (Å²) in [5, 5.41) is 24.5. The van der Waals surface area contributed by atoms with Crippen LogP contribution in [-0.2, 0) is 0 Å². The zero-order valence-electron chi connectivity index (χ0n) is 15.7. The van der Waals surface area contributed by atoms with Gasteiger partial charge >= 0.3 is 6.09 Å². The number of hydrogen-bond donors (Lipinski definition) is 2. The number of benzene rings is 1. The number of amides is 1. The van der Waals surface area contributed by atoms with E-state index in [2.05, 4.69) is 20.6 Å². The van der Waals surface area contributed by atoms with Crippen LogP contribution in [0, 0.1) is 19.7 Å². The predicted octanol–water partition coefficient (Wildman–Crippen LogP) is 3.25. The smallest absolute Gasteiger partial charge is 0.404 e. The number of rotatable bonds is 6. The fraction of sp³-hybridized carbons (Fsp3) is 0.263. The molecule has 0 atom stereocenters. The first-order chi connectivity index (χ1) is 13.4. The number of nitrogens with one attached hydrogen (secondary N) is 1. The third kappa shape index (κ3) is 3.78. The van der Waals surface area contributed by atoms with Crippen molar-refractivity contribution in [2.24, 2.45) is 0 Å². The van der Waals surface area contributed by atoms with Crippen molar-refractivity contribution in [3.05, 3.63) is 47.2 Å². The Morgan fingerprint density at radius 2 is 2.14 bits per heavy atom. The lowest BCUT2D eigenvalue weighted by Crippen LogP contribution is -2.20. The van der Waals surface area contributed by atoms with E-state index in [4.69, 9.17) is 9.84 Å². The fourth-order valence-corrected chi connectivity index (χ4v) is 2.92. The third-order valence-electron chi connectivity index (χ3n) is 4.13. The van der Waals surface area contributed by atoms with Gasteiger partial charge in [0, 0.05) is 18.0 Å². The molecule has 8 nitrogen and oxygen atoms in total. The standard InChI is InChI=1S/C19H20FN5O3/c1-4-28-13-7-8-16(14(20)10-13)25-12(3)17-11(2)22-23-15(18(17)24-25)6-5-9-21-19(26)27/h5-8,10,21H,4,9H2,1-3H3,(H,26,27)/b6-5+. The molecule has 0 fully saturated rings. The molecule has 9 heteroatoms. The average molecular weight is 385 g/mol. The number of carboxylic acid groups (broad SMARTS) is 1. The van der Waals surface area contributed by atoms with Crippen LogP contribution in [0.4, 0.5) is 9.18 Å². The second-order valence-corrected chi connectivity index (χ2v) is 6.03. The number of halogens is 1. The summed E-state index contributed by atoms with van der Waals surface area (Å²) in [6.45, 7) is 6.05. The van der Waals surface area contributed by atoms with Gasteiger partial charge in [-0.05, 0) is 39.0 Å². The van der Waals surface area contributed by atoms with Gasteiger partial charge in [-0.15, -0.1) is 5.10 Å². The molecular formula is C19H20FN5O3. The molecule has 1 aromatic carbocycles. The van der Waals surface area contributed by atoms with Crippen LogP contribution in [0.15, 0.2) is 24.3 Å². The first kappa shape index (κ1) is 19.3. The number of ether oxygens (including phenoxy) is 1. The van der Waals surface area contributed by atoms with Crippen LogP contribution in [0.3, 0.4) is 0 Å². The monoisotopic (exact) mass is 385 g/mol. The van der Waals surface area contributed by atoms with Gasteiger partial charge in [0.25, 0.3) is 0 Å². The molecule has 0 bridgehead atoms. The molecule has 0 unspecified atom stereocenters. The second-order valence-electron chi connectivity index (χ2n) is 6.03. The summed E-state index contributed by atoms with van der Waals surface area (Å²) in [7, 11) is 0. The Labute approximate surface area is 160 Å². The third-order valence-corrected chi connectivity index (χ3v) is 4.13. The summed E-state index contributed by atoms with van der Waals surface area (Å²) >= 11 is 0. The topological polar surface area (TPSA) is 102 Å². The van der Waals surface area contributed by atoms with Gasteiger partial charge in [-0.1, -0.05) is 6.08 Å². The van der Waals surface area contributed by atoms with Gasteiger partial charge in [0.15, 0.2) is 5.82 Å². The molecule has 3 aromatic rings. The molecule has 146 valence electrons. The lowest BCUT2D eigenvalue weighted by Gasteiger charge is -2.08. The molecule has 0 aliphatic carbocycles. The number of nitrogens with zero attached hydrogens (tertiary/aromatic N) is 4. The van der Waals surface area contributed by atoms with Crippen molar-refractivity contribution in [2.75, 3.05) is 13.2 Å². The Bertz CT molecular complexity index is 1060. The SMILES string of the molecule is CCOc1ccc(-n2nc3c(/C=C/CNC(=O)O)nnc(C)c3c2C)c(F)c1. The minimum absolute atomic E-state index is 0.125. The minimum Gasteiger partial charge on any atom is -0.494 e. The normalized spacial score (nSPS) is 11.3. The van der Waals surface area contributed by atoms with Crippen molar-refractivity contribution in [2.45, 2.75) is 20.8 Å². The molecular weight excluding hydrogens is 365 g/mol. The highest BCUT2D eigenvalue weighted by Gasteiger charge is 2.18. The molecule has 2 aromatic heterocycles. The van der Waals surface area contributed by atoms with Crippen molar-refractivity contribution in [1.82, 2.24) is 25.3 Å². The average Bonchev–Trinajstić information content (AvgIpc) is 2.99. The van der Waals surface area contributed by atoms with E-state index in [1.165, 1.54) is 10.7 Å². The van der Waals surface area contributed by atoms with E-state index in [1.54, 1.807) is 24.3 Å². The number of aryl methyl sites for hydroxylation is 2. The van der Waals surface area contributed by atoms with Crippen LogP contribution in [0.25, 0.3) is 22.7 Å². The molecule has 1 amide bonds. The number of aromatic nitrogens is 4. The quantitative estimate of drug-likeness (QED) is 0.675. The van der Waals surface area contributed by atoms with Crippen molar-refractivity contribution in [1.29, 1.82) is 0 Å². The largest absolute Gasteiger partial charge is 0.494 e. The lowest BCUT2D eigenvalue weighted by molar-refractivity contribution is 0.195. The fourth-order valence-electron chi connectivity index (χ4n) is 2.92. The number of hydrogen-bond acceptors (Lipinski definition) is 5. The highest BCUT2D eigenvalue weighted by Crippen LogP contribution is 2.27. The molecule has 0 aliphatic rings. The zero-order chi connectivity index (χ0) is 20.3. The molecule has 2 N–H and O–H groups in total. The molecule has 0 saturated carbocycles. The first-order valence-electron chi connectivity index (χ1n) is 8.71. The van der Waals surface area contributed by atoms with Gasteiger partial charge in [0.05, 0.1) is 18.0 Å². The Morgan fingerprint density at radius 1 is 1.36 bits per heavy atom. The Hall–Kier alpha value is -3.49. The van der Waals surface area contributed by atoms with Gasteiger partial charge in [-0.2, -0.15) is 10.2 Å². The predicted molar refractivity (Wildman–Crippen MR) is 102 cm³/mol. The van der Waals surface area contributed by atoms with E-state index in [9.17, 15) is 9.18 Å². The molecule has 0 spiro atoms. The summed E-state index contributed by atoms with van der Waals surface area (Å²) in [4.78, 5) is 10.5. The maximum absolute atomic E-state index is 14.6. The maximum atomic E-state index is 14.6. The lowest BCUT2D eigenvalue weighted by atomic mass is 10.2. The van der Waals surface area contributed by atoms with E-state index in [1.807, 2.05) is 20.8 Å². The van der Waals surface area contributed by atoms with Crippen molar-refractivity contribution >= 4 is 23.1 Å². The summed E-state index contributed by atoms with van der Waals surface area (Å²) in [5.41, 5.74) is 2.72. The summed E-state index contributed by atoms with van der Waals surface area (Å²) < 4.78 is 21.5. The summed E-state index contributed by atoms with van der Waals surface area (Å²) in [5.74, 6) is -0.00430. The highest BCUT2D eigenvalue weighted by atomic mass is 19.1. The number of fused-ring (bicyclic) bond motifs is 1. The Morgan fingerprint density at radius 3 is 2.82 bits per heavy atom. The molecule has 28 heavy (non-hydrogen) atoms. The van der Waals surface area contributed by atoms with Gasteiger partial charge in [-0.3, -0.25) is 0 Å². The molecule has 0 saturated heterocycles. The molecule has 0 aliphatic heterocycles. The second kappa shape index (κ2) is 8.03. The summed E-state index contributed by atoms with van der Waals surface area (Å²) in [6.07, 6.45) is 2.13. The van der Waals surface area contributed by atoms with Crippen molar-refractivity contribution in [3.63, 3.8) is 0 Å². The Kier molecular flexibility index (Phi) is 5.53. The molecule has 3 rings (SSSR count). The van der Waals surface area contributed by atoms with Crippen LogP contribution >= 0.6 is 0 Å². The number of carbonyl (C=O) groups is 1. The van der Waals surface area contributed by atoms with Gasteiger partial charge < -0.3 is 15.2 Å². The highest BCUT2D eigenvalue weighted by molar-refractivity contribution is 5.89. The van der Waals surface area contributed by atoms with E-state index in [-0.39, 0.29) is 6.54 Å². The summed E-state index contributed by atoms with van der Waals surface area (Å²) in [6, 6.07) is 4.63. The van der Waals surface area contributed by atoms with Crippen LogP contribution in [0.5, 0.6) is 5.75 Å². The molecule has 2 heterocycles. The van der Waals surface area contributed by atoms with E-state index in [0.717, 1.165) is 11.1 Å². The van der Waals surface area contributed by atoms with Crippen molar-refractivity contribution < 1.29 is 19.0 Å². The van der Waals surface area contributed by atoms with Crippen LogP contribution in [0.1, 0.15) is 24.0 Å². The van der Waals surface area contributed by atoms with E-state index < -0.39 is 11.9 Å². The van der Waals surface area contributed by atoms with E-state index in [0.29, 0.717) is 34.9 Å². The Balaban J connectivity index is 2.06. The zero-order valence-corrected chi connectivity index (χ0v) is 15.7. The van der Waals surface area contributed by atoms with Crippen LogP contribution in [-0.4, -0.2) is 44.3 Å². The first-order valence-corrected chi connectivity index (χ1v) is 8.71. The molecule has 0 radical (unpaired) electrons. The van der Waals surface area contributed by atoms with Gasteiger partial charge in [0.2, 0.25) is 0 Å².